The first kappa shape index (κ1) is 20.7. The Morgan fingerprint density at radius 3 is 2.06 bits per heavy atom. The topological polar surface area (TPSA) is 58.2 Å². The quantitative estimate of drug-likeness (QED) is 0.370. The summed E-state index contributed by atoms with van der Waals surface area (Å²) in [6.45, 7) is 0. The molecule has 5 heteroatoms. The molecule has 4 nitrogen and oxygen atoms in total. The van der Waals surface area contributed by atoms with E-state index >= 15 is 0 Å². The van der Waals surface area contributed by atoms with Crippen LogP contribution in [0.25, 0.3) is 10.8 Å². The standard InChI is InChI=1S/C26H22N2O2S/c29-25(16-19-6-2-1-3-7-19)27-22-12-14-24(15-13-22)31-18-26(30)28-23-11-10-20-8-4-5-9-21(20)17-23/h1-15,17H,16,18H2,(H,27,29)(H,28,30). The average molecular weight is 427 g/mol. The molecule has 4 aromatic carbocycles. The minimum absolute atomic E-state index is 0.0543. The van der Waals surface area contributed by atoms with Gasteiger partial charge >= 0.3 is 0 Å². The number of thioether (sulfide) groups is 1. The Morgan fingerprint density at radius 1 is 0.645 bits per heavy atom. The van der Waals surface area contributed by atoms with Gasteiger partial charge in [0, 0.05) is 16.3 Å². The molecular weight excluding hydrogens is 404 g/mol. The largest absolute Gasteiger partial charge is 0.326 e. The molecule has 0 unspecified atom stereocenters. The normalized spacial score (nSPS) is 10.6. The third-order valence-corrected chi connectivity index (χ3v) is 5.76. The summed E-state index contributed by atoms with van der Waals surface area (Å²) in [6, 6.07) is 31.1. The number of hydrogen-bond acceptors (Lipinski definition) is 3. The summed E-state index contributed by atoms with van der Waals surface area (Å²) in [4.78, 5) is 25.5. The van der Waals surface area contributed by atoms with Crippen LogP contribution in [0.1, 0.15) is 5.56 Å². The van der Waals surface area contributed by atoms with Crippen LogP contribution in [-0.4, -0.2) is 17.6 Å². The van der Waals surface area contributed by atoms with Gasteiger partial charge in [-0.25, -0.2) is 0 Å². The van der Waals surface area contributed by atoms with Gasteiger partial charge in [-0.15, -0.1) is 11.8 Å². The highest BCUT2D eigenvalue weighted by atomic mass is 32.2. The van der Waals surface area contributed by atoms with Gasteiger partial charge in [-0.2, -0.15) is 0 Å². The number of nitrogens with one attached hydrogen (secondary N) is 2. The third-order valence-electron chi connectivity index (χ3n) is 4.75. The smallest absolute Gasteiger partial charge is 0.234 e. The van der Waals surface area contributed by atoms with E-state index in [1.165, 1.54) is 11.8 Å². The molecule has 0 bridgehead atoms. The Morgan fingerprint density at radius 2 is 1.29 bits per heavy atom. The van der Waals surface area contributed by atoms with E-state index in [0.717, 1.165) is 32.6 Å². The lowest BCUT2D eigenvalue weighted by Crippen LogP contribution is -2.14. The summed E-state index contributed by atoms with van der Waals surface area (Å²) >= 11 is 1.46. The molecule has 0 saturated carbocycles. The Hall–Kier alpha value is -3.57. The lowest BCUT2D eigenvalue weighted by molar-refractivity contribution is -0.115. The number of fused-ring (bicyclic) bond motifs is 1. The van der Waals surface area contributed by atoms with Gasteiger partial charge < -0.3 is 10.6 Å². The Bertz CT molecular complexity index is 1190. The van der Waals surface area contributed by atoms with Crippen molar-refractivity contribution in [2.24, 2.45) is 0 Å². The zero-order valence-electron chi connectivity index (χ0n) is 16.9. The second-order valence-electron chi connectivity index (χ2n) is 7.13. The molecule has 0 aliphatic rings. The summed E-state index contributed by atoms with van der Waals surface area (Å²) in [5, 5.41) is 8.09. The number of rotatable bonds is 7. The minimum Gasteiger partial charge on any atom is -0.326 e. The predicted octanol–water partition coefficient (Wildman–Crippen LogP) is 5.75. The van der Waals surface area contributed by atoms with Gasteiger partial charge in [-0.3, -0.25) is 9.59 Å². The van der Waals surface area contributed by atoms with Crippen LogP contribution in [0.15, 0.2) is 102 Å². The van der Waals surface area contributed by atoms with Gasteiger partial charge in [0.05, 0.1) is 12.2 Å². The first-order valence-electron chi connectivity index (χ1n) is 10.0. The lowest BCUT2D eigenvalue weighted by atomic mass is 10.1. The fourth-order valence-corrected chi connectivity index (χ4v) is 3.93. The van der Waals surface area contributed by atoms with Crippen molar-refractivity contribution in [3.05, 3.63) is 103 Å². The number of anilines is 2. The molecule has 0 heterocycles. The highest BCUT2D eigenvalue weighted by Gasteiger charge is 2.07. The summed E-state index contributed by atoms with van der Waals surface area (Å²) < 4.78 is 0. The van der Waals surface area contributed by atoms with E-state index in [2.05, 4.69) is 10.6 Å². The van der Waals surface area contributed by atoms with Crippen molar-refractivity contribution in [3.8, 4) is 0 Å². The summed E-state index contributed by atoms with van der Waals surface area (Å²) in [5.74, 6) is 0.203. The van der Waals surface area contributed by atoms with Crippen molar-refractivity contribution in [2.75, 3.05) is 16.4 Å². The monoisotopic (exact) mass is 426 g/mol. The van der Waals surface area contributed by atoms with Gasteiger partial charge in [-0.1, -0.05) is 60.7 Å². The van der Waals surface area contributed by atoms with Gasteiger partial charge in [0.25, 0.3) is 0 Å². The van der Waals surface area contributed by atoms with Crippen LogP contribution < -0.4 is 10.6 Å². The van der Waals surface area contributed by atoms with Crippen molar-refractivity contribution in [1.29, 1.82) is 0 Å². The molecule has 0 atom stereocenters. The highest BCUT2D eigenvalue weighted by Crippen LogP contribution is 2.22. The molecule has 2 N–H and O–H groups in total. The maximum atomic E-state index is 12.3. The van der Waals surface area contributed by atoms with E-state index in [9.17, 15) is 9.59 Å². The van der Waals surface area contributed by atoms with E-state index in [1.807, 2.05) is 97.1 Å². The lowest BCUT2D eigenvalue weighted by Gasteiger charge is -2.08. The maximum absolute atomic E-state index is 12.3. The van der Waals surface area contributed by atoms with Crippen LogP contribution in [0.3, 0.4) is 0 Å². The van der Waals surface area contributed by atoms with Crippen LogP contribution in [0.2, 0.25) is 0 Å². The average Bonchev–Trinajstić information content (AvgIpc) is 2.79. The van der Waals surface area contributed by atoms with Gasteiger partial charge in [0.1, 0.15) is 0 Å². The highest BCUT2D eigenvalue weighted by molar-refractivity contribution is 8.00. The van der Waals surface area contributed by atoms with Crippen molar-refractivity contribution >= 4 is 45.7 Å². The molecule has 0 spiro atoms. The minimum atomic E-state index is -0.0551. The van der Waals surface area contributed by atoms with Crippen LogP contribution >= 0.6 is 11.8 Å². The fourth-order valence-electron chi connectivity index (χ4n) is 3.23. The first-order valence-corrected chi connectivity index (χ1v) is 11.0. The van der Waals surface area contributed by atoms with Crippen LogP contribution in [-0.2, 0) is 16.0 Å². The van der Waals surface area contributed by atoms with Crippen molar-refractivity contribution < 1.29 is 9.59 Å². The second kappa shape index (κ2) is 9.96. The molecule has 0 saturated heterocycles. The van der Waals surface area contributed by atoms with E-state index in [4.69, 9.17) is 0 Å². The molecule has 0 aromatic heterocycles. The van der Waals surface area contributed by atoms with E-state index in [1.54, 1.807) is 0 Å². The van der Waals surface area contributed by atoms with Gasteiger partial charge in [0.15, 0.2) is 0 Å². The van der Waals surface area contributed by atoms with E-state index < -0.39 is 0 Å². The molecule has 154 valence electrons. The molecule has 0 fully saturated rings. The van der Waals surface area contributed by atoms with Crippen molar-refractivity contribution in [1.82, 2.24) is 0 Å². The molecule has 4 rings (SSSR count). The summed E-state index contributed by atoms with van der Waals surface area (Å²) in [6.07, 6.45) is 0.340. The Balaban J connectivity index is 1.26. The number of carbonyl (C=O) groups excluding carboxylic acids is 2. The van der Waals surface area contributed by atoms with E-state index in [-0.39, 0.29) is 11.8 Å². The zero-order chi connectivity index (χ0) is 21.5. The molecule has 0 radical (unpaired) electrons. The molecule has 0 aliphatic heterocycles. The molecule has 2 amide bonds. The second-order valence-corrected chi connectivity index (χ2v) is 8.18. The third kappa shape index (κ3) is 5.96. The van der Waals surface area contributed by atoms with Gasteiger partial charge in [-0.05, 0) is 52.7 Å². The summed E-state index contributed by atoms with van der Waals surface area (Å²) in [5.41, 5.74) is 2.51. The van der Waals surface area contributed by atoms with Crippen molar-refractivity contribution in [3.63, 3.8) is 0 Å². The number of hydrogen-bond donors (Lipinski definition) is 2. The van der Waals surface area contributed by atoms with Crippen LogP contribution in [0, 0.1) is 0 Å². The van der Waals surface area contributed by atoms with Crippen LogP contribution in [0.4, 0.5) is 11.4 Å². The van der Waals surface area contributed by atoms with Gasteiger partial charge in [0.2, 0.25) is 11.8 Å². The Kier molecular flexibility index (Phi) is 6.65. The fraction of sp³-hybridized carbons (Fsp3) is 0.0769. The SMILES string of the molecule is O=C(CSc1ccc(NC(=O)Cc2ccccc2)cc1)Nc1ccc2ccccc2c1. The maximum Gasteiger partial charge on any atom is 0.234 e. The van der Waals surface area contributed by atoms with Crippen molar-refractivity contribution in [2.45, 2.75) is 11.3 Å². The molecular formula is C26H22N2O2S. The van der Waals surface area contributed by atoms with Crippen LogP contribution in [0.5, 0.6) is 0 Å². The number of amides is 2. The summed E-state index contributed by atoms with van der Waals surface area (Å²) in [7, 11) is 0. The number of benzene rings is 4. The van der Waals surface area contributed by atoms with E-state index in [0.29, 0.717) is 12.2 Å². The molecule has 0 aliphatic carbocycles. The first-order chi connectivity index (χ1) is 15.2. The zero-order valence-corrected chi connectivity index (χ0v) is 17.7. The molecule has 4 aromatic rings. The predicted molar refractivity (Wildman–Crippen MR) is 129 cm³/mol. The molecule has 31 heavy (non-hydrogen) atoms. The Labute approximate surface area is 185 Å². The number of carbonyl (C=O) groups is 2.